The van der Waals surface area contributed by atoms with E-state index in [1.807, 2.05) is 7.05 Å². The van der Waals surface area contributed by atoms with Crippen LogP contribution in [0.3, 0.4) is 0 Å². The number of aromatic nitrogens is 1. The lowest BCUT2D eigenvalue weighted by Crippen LogP contribution is -2.17. The first-order valence-corrected chi connectivity index (χ1v) is 7.37. The maximum Gasteiger partial charge on any atom is 0.107 e. The summed E-state index contributed by atoms with van der Waals surface area (Å²) >= 11 is 1.72. The molecule has 0 saturated heterocycles. The predicted molar refractivity (Wildman–Crippen MR) is 81.2 cm³/mol. The maximum atomic E-state index is 4.61. The zero-order valence-electron chi connectivity index (χ0n) is 11.8. The van der Waals surface area contributed by atoms with Crippen LogP contribution in [0.15, 0.2) is 29.6 Å². The standard InChI is InChI=1S/C15H21N3S/c1-12-4-6-13(7-5-12)9-18(3)10-14-11-19-15(17-14)8-16-2/h4-7,11,16H,8-10H2,1-3H3. The van der Waals surface area contributed by atoms with Crippen LogP contribution in [0.25, 0.3) is 0 Å². The number of aryl methyl sites for hydroxylation is 1. The average Bonchev–Trinajstić information content (AvgIpc) is 2.80. The molecule has 3 nitrogen and oxygen atoms in total. The van der Waals surface area contributed by atoms with Crippen LogP contribution in [0.1, 0.15) is 21.8 Å². The van der Waals surface area contributed by atoms with Gasteiger partial charge in [-0.2, -0.15) is 0 Å². The first-order valence-electron chi connectivity index (χ1n) is 6.49. The van der Waals surface area contributed by atoms with E-state index in [0.29, 0.717) is 0 Å². The van der Waals surface area contributed by atoms with Gasteiger partial charge in [0.05, 0.1) is 5.69 Å². The molecule has 1 aromatic carbocycles. The fourth-order valence-corrected chi connectivity index (χ4v) is 2.79. The SMILES string of the molecule is CNCc1nc(CN(C)Cc2ccc(C)cc2)cs1. The fraction of sp³-hybridized carbons (Fsp3) is 0.400. The molecule has 0 bridgehead atoms. The van der Waals surface area contributed by atoms with Gasteiger partial charge in [0.25, 0.3) is 0 Å². The smallest absolute Gasteiger partial charge is 0.107 e. The minimum atomic E-state index is 0.854. The molecule has 1 N–H and O–H groups in total. The van der Waals surface area contributed by atoms with Crippen LogP contribution in [-0.4, -0.2) is 24.0 Å². The molecule has 0 radical (unpaired) electrons. The Morgan fingerprint density at radius 1 is 1.21 bits per heavy atom. The lowest BCUT2D eigenvalue weighted by molar-refractivity contribution is 0.315. The zero-order chi connectivity index (χ0) is 13.7. The van der Waals surface area contributed by atoms with Crippen molar-refractivity contribution in [2.24, 2.45) is 0 Å². The number of hydrogen-bond donors (Lipinski definition) is 1. The van der Waals surface area contributed by atoms with E-state index >= 15 is 0 Å². The predicted octanol–water partition coefficient (Wildman–Crippen LogP) is 2.80. The number of nitrogens with one attached hydrogen (secondary N) is 1. The van der Waals surface area contributed by atoms with Gasteiger partial charge in [0.2, 0.25) is 0 Å². The minimum Gasteiger partial charge on any atom is -0.314 e. The summed E-state index contributed by atoms with van der Waals surface area (Å²) in [7, 11) is 4.08. The van der Waals surface area contributed by atoms with E-state index in [-0.39, 0.29) is 0 Å². The van der Waals surface area contributed by atoms with Crippen LogP contribution in [0, 0.1) is 6.92 Å². The molecule has 2 aromatic rings. The summed E-state index contributed by atoms with van der Waals surface area (Å²) in [6, 6.07) is 8.71. The van der Waals surface area contributed by atoms with Gasteiger partial charge in [-0.05, 0) is 26.6 Å². The molecule has 0 unspecified atom stereocenters. The van der Waals surface area contributed by atoms with Gasteiger partial charge in [-0.25, -0.2) is 4.98 Å². The van der Waals surface area contributed by atoms with E-state index in [0.717, 1.165) is 30.3 Å². The van der Waals surface area contributed by atoms with E-state index in [2.05, 4.69) is 58.8 Å². The third-order valence-electron chi connectivity index (χ3n) is 2.93. The van der Waals surface area contributed by atoms with Gasteiger partial charge in [0.15, 0.2) is 0 Å². The lowest BCUT2D eigenvalue weighted by atomic mass is 10.1. The normalized spacial score (nSPS) is 11.2. The van der Waals surface area contributed by atoms with E-state index < -0.39 is 0 Å². The summed E-state index contributed by atoms with van der Waals surface area (Å²) in [5, 5.41) is 6.44. The largest absolute Gasteiger partial charge is 0.314 e. The summed E-state index contributed by atoms with van der Waals surface area (Å²) < 4.78 is 0. The molecular formula is C15H21N3S. The number of nitrogens with zero attached hydrogens (tertiary/aromatic N) is 2. The van der Waals surface area contributed by atoms with Gasteiger partial charge in [-0.15, -0.1) is 11.3 Å². The van der Waals surface area contributed by atoms with Crippen molar-refractivity contribution >= 4 is 11.3 Å². The Bertz CT molecular complexity index is 504. The van der Waals surface area contributed by atoms with Gasteiger partial charge < -0.3 is 5.32 Å². The van der Waals surface area contributed by atoms with Crippen molar-refractivity contribution in [3.63, 3.8) is 0 Å². The Hall–Kier alpha value is -1.23. The molecule has 0 aliphatic rings. The topological polar surface area (TPSA) is 28.2 Å². The molecule has 19 heavy (non-hydrogen) atoms. The van der Waals surface area contributed by atoms with Crippen molar-refractivity contribution < 1.29 is 0 Å². The average molecular weight is 275 g/mol. The van der Waals surface area contributed by atoms with E-state index in [1.165, 1.54) is 11.1 Å². The van der Waals surface area contributed by atoms with Crippen LogP contribution >= 0.6 is 11.3 Å². The van der Waals surface area contributed by atoms with Crippen molar-refractivity contribution in [3.8, 4) is 0 Å². The summed E-state index contributed by atoms with van der Waals surface area (Å²) in [5.41, 5.74) is 3.81. The molecule has 0 atom stereocenters. The second-order valence-electron chi connectivity index (χ2n) is 4.92. The van der Waals surface area contributed by atoms with Crippen LogP contribution in [0.5, 0.6) is 0 Å². The molecule has 0 saturated carbocycles. The van der Waals surface area contributed by atoms with Gasteiger partial charge in [0.1, 0.15) is 5.01 Å². The van der Waals surface area contributed by atoms with Crippen molar-refractivity contribution in [1.29, 1.82) is 0 Å². The highest BCUT2D eigenvalue weighted by atomic mass is 32.1. The van der Waals surface area contributed by atoms with Crippen molar-refractivity contribution in [2.45, 2.75) is 26.6 Å². The summed E-state index contributed by atoms with van der Waals surface area (Å²) in [6.45, 7) is 4.83. The van der Waals surface area contributed by atoms with E-state index in [1.54, 1.807) is 11.3 Å². The molecule has 4 heteroatoms. The van der Waals surface area contributed by atoms with Crippen molar-refractivity contribution in [1.82, 2.24) is 15.2 Å². The maximum absolute atomic E-state index is 4.61. The Morgan fingerprint density at radius 2 is 1.95 bits per heavy atom. The Labute approximate surface area is 119 Å². The number of rotatable bonds is 6. The van der Waals surface area contributed by atoms with E-state index in [9.17, 15) is 0 Å². The number of hydrogen-bond acceptors (Lipinski definition) is 4. The van der Waals surface area contributed by atoms with Gasteiger partial charge >= 0.3 is 0 Å². The fourth-order valence-electron chi connectivity index (χ4n) is 1.99. The molecular weight excluding hydrogens is 254 g/mol. The second kappa shape index (κ2) is 6.80. The zero-order valence-corrected chi connectivity index (χ0v) is 12.6. The molecule has 2 rings (SSSR count). The Kier molecular flexibility index (Phi) is 5.07. The Balaban J connectivity index is 1.89. The quantitative estimate of drug-likeness (QED) is 0.878. The van der Waals surface area contributed by atoms with Crippen LogP contribution < -0.4 is 5.32 Å². The first kappa shape index (κ1) is 14.2. The lowest BCUT2D eigenvalue weighted by Gasteiger charge is -2.15. The van der Waals surface area contributed by atoms with Crippen LogP contribution in [0.4, 0.5) is 0 Å². The first-order chi connectivity index (χ1) is 9.17. The highest BCUT2D eigenvalue weighted by Gasteiger charge is 2.05. The molecule has 0 fully saturated rings. The molecule has 1 heterocycles. The summed E-state index contributed by atoms with van der Waals surface area (Å²) in [6.07, 6.45) is 0. The molecule has 0 spiro atoms. The highest BCUT2D eigenvalue weighted by molar-refractivity contribution is 7.09. The Morgan fingerprint density at radius 3 is 2.63 bits per heavy atom. The van der Waals surface area contributed by atoms with Gasteiger partial charge in [-0.3, -0.25) is 4.90 Å². The third-order valence-corrected chi connectivity index (χ3v) is 3.83. The molecule has 0 aliphatic carbocycles. The van der Waals surface area contributed by atoms with Crippen LogP contribution in [0.2, 0.25) is 0 Å². The second-order valence-corrected chi connectivity index (χ2v) is 5.86. The van der Waals surface area contributed by atoms with Gasteiger partial charge in [0, 0.05) is 25.0 Å². The van der Waals surface area contributed by atoms with Gasteiger partial charge in [-0.1, -0.05) is 29.8 Å². The summed E-state index contributed by atoms with van der Waals surface area (Å²) in [4.78, 5) is 6.90. The highest BCUT2D eigenvalue weighted by Crippen LogP contribution is 2.13. The minimum absolute atomic E-state index is 0.854. The third kappa shape index (κ3) is 4.42. The van der Waals surface area contributed by atoms with Crippen molar-refractivity contribution in [3.05, 3.63) is 51.5 Å². The number of thiazole rings is 1. The summed E-state index contributed by atoms with van der Waals surface area (Å²) in [5.74, 6) is 0. The molecule has 0 amide bonds. The monoisotopic (exact) mass is 275 g/mol. The molecule has 0 aliphatic heterocycles. The van der Waals surface area contributed by atoms with E-state index in [4.69, 9.17) is 0 Å². The molecule has 102 valence electrons. The molecule has 1 aromatic heterocycles. The van der Waals surface area contributed by atoms with Crippen molar-refractivity contribution in [2.75, 3.05) is 14.1 Å². The van der Waals surface area contributed by atoms with Crippen LogP contribution in [-0.2, 0) is 19.6 Å². The number of benzene rings is 1.